The van der Waals surface area contributed by atoms with Crippen molar-refractivity contribution in [2.75, 3.05) is 0 Å². The normalized spacial score (nSPS) is 11.3. The molecule has 1 aromatic heterocycles. The summed E-state index contributed by atoms with van der Waals surface area (Å²) < 4.78 is 23.3. The number of hydrogen-bond acceptors (Lipinski definition) is 4. The largest absolute Gasteiger partial charge is 0.481 e. The van der Waals surface area contributed by atoms with Crippen molar-refractivity contribution >= 4 is 16.0 Å². The molecule has 0 radical (unpaired) electrons. The number of nitrogens with two attached hydrogens (primary N) is 1. The fourth-order valence-corrected chi connectivity index (χ4v) is 1.71. The third-order valence-electron chi connectivity index (χ3n) is 1.83. The molecule has 1 rings (SSSR count). The summed E-state index contributed by atoms with van der Waals surface area (Å²) >= 11 is 0. The molecule has 0 saturated heterocycles. The second kappa shape index (κ2) is 4.45. The monoisotopic (exact) mass is 246 g/mol. The molecular weight excluding hydrogens is 236 g/mol. The predicted molar refractivity (Wildman–Crippen MR) is 54.3 cm³/mol. The van der Waals surface area contributed by atoms with Crippen LogP contribution in [0.4, 0.5) is 0 Å². The van der Waals surface area contributed by atoms with Crippen LogP contribution < -0.4 is 10.6 Å². The summed E-state index contributed by atoms with van der Waals surface area (Å²) in [6.45, 7) is 0.0676. The van der Waals surface area contributed by atoms with Gasteiger partial charge in [0.25, 0.3) is 0 Å². The first-order chi connectivity index (χ1) is 7.30. The van der Waals surface area contributed by atoms with Crippen LogP contribution in [-0.4, -0.2) is 24.1 Å². The number of nitrogens with zero attached hydrogens (tertiary/aromatic N) is 1. The third kappa shape index (κ3) is 3.17. The van der Waals surface area contributed by atoms with Crippen LogP contribution in [0, 0.1) is 0 Å². The third-order valence-corrected chi connectivity index (χ3v) is 2.75. The maximum atomic E-state index is 11.2. The van der Waals surface area contributed by atoms with Gasteiger partial charge in [-0.25, -0.2) is 13.6 Å². The predicted octanol–water partition coefficient (Wildman–Crippen LogP) is -1.03. The minimum absolute atomic E-state index is 0.0676. The van der Waals surface area contributed by atoms with Crippen LogP contribution in [0.5, 0.6) is 0 Å². The molecule has 0 aromatic carbocycles. The van der Waals surface area contributed by atoms with E-state index in [-0.39, 0.29) is 13.0 Å². The van der Waals surface area contributed by atoms with E-state index in [1.165, 1.54) is 10.8 Å². The van der Waals surface area contributed by atoms with Crippen LogP contribution in [0.15, 0.2) is 28.2 Å². The topological polar surface area (TPSA) is 119 Å². The van der Waals surface area contributed by atoms with Crippen molar-refractivity contribution in [2.24, 2.45) is 5.14 Å². The minimum atomic E-state index is -4.08. The maximum absolute atomic E-state index is 11.2. The summed E-state index contributed by atoms with van der Waals surface area (Å²) in [5.74, 6) is -1.02. The van der Waals surface area contributed by atoms with Crippen LogP contribution >= 0.6 is 0 Å². The number of hydrogen-bond donors (Lipinski definition) is 2. The fourth-order valence-electron chi connectivity index (χ4n) is 1.08. The molecule has 0 aliphatic carbocycles. The summed E-state index contributed by atoms with van der Waals surface area (Å²) in [6.07, 6.45) is 2.16. The summed E-state index contributed by atoms with van der Waals surface area (Å²) in [5, 5.41) is 13.3. The van der Waals surface area contributed by atoms with E-state index in [0.29, 0.717) is 0 Å². The smallest absolute Gasteiger partial charge is 0.305 e. The number of sulfonamides is 1. The summed E-state index contributed by atoms with van der Waals surface area (Å²) in [6, 6.07) is 1.03. The van der Waals surface area contributed by atoms with Crippen molar-refractivity contribution in [3.8, 4) is 0 Å². The van der Waals surface area contributed by atoms with Crippen molar-refractivity contribution in [3.05, 3.63) is 28.7 Å². The van der Waals surface area contributed by atoms with Gasteiger partial charge in [0.05, 0.1) is 6.42 Å². The van der Waals surface area contributed by atoms with Gasteiger partial charge < -0.3 is 9.67 Å². The van der Waals surface area contributed by atoms with Gasteiger partial charge in [0, 0.05) is 25.0 Å². The Morgan fingerprint density at radius 1 is 1.50 bits per heavy atom. The first kappa shape index (κ1) is 12.4. The van der Waals surface area contributed by atoms with Crippen molar-refractivity contribution in [2.45, 2.75) is 17.9 Å². The van der Waals surface area contributed by atoms with Crippen LogP contribution in [0.1, 0.15) is 6.42 Å². The van der Waals surface area contributed by atoms with Crippen LogP contribution in [-0.2, 0) is 21.4 Å². The number of carbonyl (C=O) groups is 1. The molecule has 0 atom stereocenters. The molecule has 1 aromatic rings. The molecule has 0 saturated carbocycles. The second-order valence-electron chi connectivity index (χ2n) is 3.10. The molecule has 7 nitrogen and oxygen atoms in total. The molecule has 0 unspecified atom stereocenters. The van der Waals surface area contributed by atoms with Gasteiger partial charge in [-0.1, -0.05) is 0 Å². The Bertz CT molecular complexity index is 560. The minimum Gasteiger partial charge on any atom is -0.481 e. The van der Waals surface area contributed by atoms with Crippen LogP contribution in [0.2, 0.25) is 0 Å². The van der Waals surface area contributed by atoms with Gasteiger partial charge in [-0.2, -0.15) is 0 Å². The number of aryl methyl sites for hydroxylation is 1. The van der Waals surface area contributed by atoms with E-state index in [9.17, 15) is 18.0 Å². The lowest BCUT2D eigenvalue weighted by molar-refractivity contribution is -0.137. The molecule has 16 heavy (non-hydrogen) atoms. The van der Waals surface area contributed by atoms with E-state index in [2.05, 4.69) is 0 Å². The Balaban J connectivity index is 3.09. The van der Waals surface area contributed by atoms with Crippen molar-refractivity contribution in [1.82, 2.24) is 4.57 Å². The Morgan fingerprint density at radius 2 is 2.12 bits per heavy atom. The van der Waals surface area contributed by atoms with E-state index in [1.807, 2.05) is 0 Å². The number of aromatic nitrogens is 1. The van der Waals surface area contributed by atoms with Gasteiger partial charge in [0.15, 0.2) is 0 Å². The van der Waals surface area contributed by atoms with Gasteiger partial charge in [0.2, 0.25) is 15.5 Å². The average Bonchev–Trinajstić information content (AvgIpc) is 2.14. The van der Waals surface area contributed by atoms with E-state index in [4.69, 9.17) is 10.2 Å². The van der Waals surface area contributed by atoms with Crippen molar-refractivity contribution < 1.29 is 18.3 Å². The lowest BCUT2D eigenvalue weighted by Crippen LogP contribution is -2.22. The van der Waals surface area contributed by atoms with Gasteiger partial charge in [-0.3, -0.25) is 9.59 Å². The number of rotatable bonds is 4. The molecule has 0 aliphatic heterocycles. The lowest BCUT2D eigenvalue weighted by Gasteiger charge is -2.05. The number of pyridine rings is 1. The van der Waals surface area contributed by atoms with Gasteiger partial charge in [-0.05, 0) is 0 Å². The van der Waals surface area contributed by atoms with E-state index in [1.54, 1.807) is 0 Å². The number of carboxylic acids is 1. The zero-order valence-electron chi connectivity index (χ0n) is 8.16. The molecule has 0 amide bonds. The molecule has 8 heteroatoms. The molecule has 0 fully saturated rings. The van der Waals surface area contributed by atoms with Crippen molar-refractivity contribution in [1.29, 1.82) is 0 Å². The number of primary sulfonamides is 1. The zero-order chi connectivity index (χ0) is 12.3. The quantitative estimate of drug-likeness (QED) is 0.704. The van der Waals surface area contributed by atoms with E-state index >= 15 is 0 Å². The molecule has 0 aliphatic rings. The van der Waals surface area contributed by atoms with E-state index in [0.717, 1.165) is 12.3 Å². The Labute approximate surface area is 91.2 Å². The number of carboxylic acid groups (broad SMARTS) is 1. The Morgan fingerprint density at radius 3 is 2.62 bits per heavy atom. The van der Waals surface area contributed by atoms with Gasteiger partial charge >= 0.3 is 5.97 Å². The second-order valence-corrected chi connectivity index (χ2v) is 4.63. The maximum Gasteiger partial charge on any atom is 0.305 e. The molecule has 3 N–H and O–H groups in total. The van der Waals surface area contributed by atoms with Crippen LogP contribution in [0.25, 0.3) is 0 Å². The first-order valence-corrected chi connectivity index (χ1v) is 5.80. The standard InChI is InChI=1S/C8H10N2O5S/c9-16(14,15)7-5-10(3-1-6(7)11)4-2-8(12)13/h1,3,5H,2,4H2,(H,12,13)(H2,9,14,15). The lowest BCUT2D eigenvalue weighted by atomic mass is 10.4. The SMILES string of the molecule is NS(=O)(=O)c1cn(CCC(=O)O)ccc1=O. The summed E-state index contributed by atoms with van der Waals surface area (Å²) in [7, 11) is -4.08. The number of aliphatic carboxylic acids is 1. The van der Waals surface area contributed by atoms with Gasteiger partial charge in [-0.15, -0.1) is 0 Å². The fraction of sp³-hybridized carbons (Fsp3) is 0.250. The van der Waals surface area contributed by atoms with Crippen molar-refractivity contribution in [3.63, 3.8) is 0 Å². The highest BCUT2D eigenvalue weighted by atomic mass is 32.2. The molecule has 88 valence electrons. The summed E-state index contributed by atoms with van der Waals surface area (Å²) in [4.78, 5) is 20.9. The van der Waals surface area contributed by atoms with Gasteiger partial charge in [0.1, 0.15) is 4.90 Å². The molecule has 0 bridgehead atoms. The highest BCUT2D eigenvalue weighted by Gasteiger charge is 2.12. The van der Waals surface area contributed by atoms with E-state index < -0.39 is 26.3 Å². The molecule has 0 spiro atoms. The summed E-state index contributed by atoms with van der Waals surface area (Å²) in [5.41, 5.74) is -0.714. The Hall–Kier alpha value is -1.67. The molecular formula is C8H10N2O5S. The first-order valence-electron chi connectivity index (χ1n) is 4.25. The highest BCUT2D eigenvalue weighted by molar-refractivity contribution is 7.89. The highest BCUT2D eigenvalue weighted by Crippen LogP contribution is 2.00. The average molecular weight is 246 g/mol. The zero-order valence-corrected chi connectivity index (χ0v) is 8.98. The van der Waals surface area contributed by atoms with Crippen LogP contribution in [0.3, 0.4) is 0 Å². The Kier molecular flexibility index (Phi) is 3.45. The molecule has 1 heterocycles.